The van der Waals surface area contributed by atoms with Gasteiger partial charge in [-0.05, 0) is 59.7 Å². The average molecular weight is 439 g/mol. The highest BCUT2D eigenvalue weighted by Gasteiger charge is 2.18. The van der Waals surface area contributed by atoms with Gasteiger partial charge < -0.3 is 9.13 Å². The lowest BCUT2D eigenvalue weighted by atomic mass is 10.0. The summed E-state index contributed by atoms with van der Waals surface area (Å²) in [5, 5.41) is 14.5. The lowest BCUT2D eigenvalue weighted by Crippen LogP contribution is -2.02. The number of rotatable bonds is 5. The van der Waals surface area contributed by atoms with E-state index in [2.05, 4.69) is 84.5 Å². The molecule has 9 heteroatoms. The molecule has 5 heterocycles. The first kappa shape index (κ1) is 18.6. The third-order valence-corrected chi connectivity index (χ3v) is 6.60. The van der Waals surface area contributed by atoms with Crippen molar-refractivity contribution < 1.29 is 0 Å². The lowest BCUT2D eigenvalue weighted by Gasteiger charge is -2.14. The van der Waals surface area contributed by atoms with E-state index in [-0.39, 0.29) is 0 Å². The van der Waals surface area contributed by atoms with E-state index in [1.165, 1.54) is 27.1 Å². The second kappa shape index (κ2) is 7.54. The van der Waals surface area contributed by atoms with Crippen LogP contribution in [0.5, 0.6) is 0 Å². The number of aryl methyl sites for hydroxylation is 1. The molecule has 0 aliphatic heterocycles. The molecule has 0 fully saturated rings. The summed E-state index contributed by atoms with van der Waals surface area (Å²) in [5.41, 5.74) is 7.02. The number of benzene rings is 1. The first-order chi connectivity index (χ1) is 15.8. The van der Waals surface area contributed by atoms with Crippen LogP contribution in [0.25, 0.3) is 37.9 Å². The molecule has 0 radical (unpaired) electrons. The van der Waals surface area contributed by atoms with Crippen molar-refractivity contribution in [2.75, 3.05) is 0 Å². The van der Waals surface area contributed by atoms with E-state index < -0.39 is 0 Å². The van der Waals surface area contributed by atoms with Gasteiger partial charge in [0.05, 0.1) is 27.1 Å². The molecule has 0 amide bonds. The topological polar surface area (TPSA) is 90.1 Å². The normalized spacial score (nSPS) is 11.4. The number of H-pyrrole nitrogens is 1. The zero-order valence-corrected chi connectivity index (χ0v) is 18.0. The molecular formula is C23H18N8S. The molecule has 0 saturated carbocycles. The smallest absolute Gasteiger partial charge is 0.214 e. The highest BCUT2D eigenvalue weighted by molar-refractivity contribution is 7.22. The minimum Gasteiger partial charge on any atom is -0.335 e. The van der Waals surface area contributed by atoms with E-state index >= 15 is 0 Å². The minimum atomic E-state index is 0.615. The number of imidazole rings is 1. The second-order valence-corrected chi connectivity index (χ2v) is 8.62. The van der Waals surface area contributed by atoms with Crippen LogP contribution in [-0.2, 0) is 6.54 Å². The number of hydrogen-bond acceptors (Lipinski definition) is 6. The number of thiophene rings is 1. The van der Waals surface area contributed by atoms with Gasteiger partial charge in [0.1, 0.15) is 0 Å². The maximum Gasteiger partial charge on any atom is 0.214 e. The van der Waals surface area contributed by atoms with Crippen molar-refractivity contribution in [3.63, 3.8) is 0 Å². The molecular weight excluding hydrogens is 420 g/mol. The summed E-state index contributed by atoms with van der Waals surface area (Å²) in [7, 11) is 0. The van der Waals surface area contributed by atoms with Crippen LogP contribution in [0.1, 0.15) is 11.1 Å². The first-order valence-corrected chi connectivity index (χ1v) is 10.9. The molecule has 6 aromatic rings. The second-order valence-electron chi connectivity index (χ2n) is 7.54. The number of hydrogen-bond donors (Lipinski definition) is 1. The molecule has 0 atom stereocenters. The average Bonchev–Trinajstić information content (AvgIpc) is 3.60. The molecule has 156 valence electrons. The SMILES string of the molecule is Cc1cc(-n2ccnc2)ccc1-c1cc2sc(-c3nn[nH]n3)cc2n1Cc1ccncc1. The van der Waals surface area contributed by atoms with Gasteiger partial charge in [-0.3, -0.25) is 4.98 Å². The molecule has 32 heavy (non-hydrogen) atoms. The van der Waals surface area contributed by atoms with Crippen molar-refractivity contribution >= 4 is 21.6 Å². The molecule has 0 aliphatic rings. The Hall–Kier alpha value is -4.11. The monoisotopic (exact) mass is 438 g/mol. The van der Waals surface area contributed by atoms with Crippen molar-refractivity contribution in [2.45, 2.75) is 13.5 Å². The summed E-state index contributed by atoms with van der Waals surface area (Å²) in [6.45, 7) is 2.89. The number of aromatic nitrogens is 8. The number of aromatic amines is 1. The Bertz CT molecular complexity index is 1490. The fourth-order valence-corrected chi connectivity index (χ4v) is 5.02. The molecule has 0 spiro atoms. The highest BCUT2D eigenvalue weighted by atomic mass is 32.1. The predicted octanol–water partition coefficient (Wildman–Crippen LogP) is 4.49. The summed E-state index contributed by atoms with van der Waals surface area (Å²) >= 11 is 1.67. The van der Waals surface area contributed by atoms with Gasteiger partial charge in [-0.2, -0.15) is 5.21 Å². The van der Waals surface area contributed by atoms with Crippen molar-refractivity contribution in [1.82, 2.24) is 39.7 Å². The Labute approximate surface area is 187 Å². The van der Waals surface area contributed by atoms with E-state index in [4.69, 9.17) is 0 Å². The maximum absolute atomic E-state index is 4.16. The Morgan fingerprint density at radius 1 is 1.00 bits per heavy atom. The number of nitrogens with one attached hydrogen (secondary N) is 1. The van der Waals surface area contributed by atoms with Crippen LogP contribution in [0.15, 0.2) is 73.6 Å². The molecule has 0 bridgehead atoms. The van der Waals surface area contributed by atoms with Crippen molar-refractivity contribution in [2.24, 2.45) is 0 Å². The van der Waals surface area contributed by atoms with Gasteiger partial charge in [0.15, 0.2) is 0 Å². The largest absolute Gasteiger partial charge is 0.335 e. The third kappa shape index (κ3) is 3.19. The quantitative estimate of drug-likeness (QED) is 0.428. The molecule has 0 aliphatic carbocycles. The fourth-order valence-electron chi connectivity index (χ4n) is 3.99. The highest BCUT2D eigenvalue weighted by Crippen LogP contribution is 2.38. The minimum absolute atomic E-state index is 0.615. The van der Waals surface area contributed by atoms with Crippen molar-refractivity contribution in [3.05, 3.63) is 84.7 Å². The van der Waals surface area contributed by atoms with Gasteiger partial charge in [0, 0.05) is 42.6 Å². The van der Waals surface area contributed by atoms with E-state index in [0.29, 0.717) is 5.82 Å². The van der Waals surface area contributed by atoms with E-state index in [1.807, 2.05) is 29.5 Å². The summed E-state index contributed by atoms with van der Waals surface area (Å²) in [6.07, 6.45) is 9.23. The molecule has 6 rings (SSSR count). The van der Waals surface area contributed by atoms with E-state index in [1.54, 1.807) is 17.5 Å². The van der Waals surface area contributed by atoms with Crippen LogP contribution in [-0.4, -0.2) is 39.7 Å². The van der Waals surface area contributed by atoms with Crippen LogP contribution < -0.4 is 0 Å². The van der Waals surface area contributed by atoms with Gasteiger partial charge in [-0.1, -0.05) is 6.07 Å². The fraction of sp³-hybridized carbons (Fsp3) is 0.0870. The zero-order chi connectivity index (χ0) is 21.5. The Balaban J connectivity index is 1.50. The molecule has 8 nitrogen and oxygen atoms in total. The van der Waals surface area contributed by atoms with E-state index in [0.717, 1.165) is 22.6 Å². The standard InChI is InChI=1S/C23H18N8S/c1-15-10-17(30-9-8-25-14-30)2-3-18(15)19-11-21-20(12-22(32-21)23-26-28-29-27-23)31(19)13-16-4-6-24-7-5-16/h2-12,14H,13H2,1H3,(H,26,27,28,29). The number of nitrogens with zero attached hydrogens (tertiary/aromatic N) is 7. The molecule has 0 unspecified atom stereocenters. The molecule has 0 saturated heterocycles. The van der Waals surface area contributed by atoms with Crippen LogP contribution >= 0.6 is 11.3 Å². The summed E-state index contributed by atoms with van der Waals surface area (Å²) in [4.78, 5) is 9.31. The first-order valence-electron chi connectivity index (χ1n) is 10.1. The van der Waals surface area contributed by atoms with Gasteiger partial charge in [-0.25, -0.2) is 4.98 Å². The number of pyridine rings is 1. The molecule has 1 aromatic carbocycles. The lowest BCUT2D eigenvalue weighted by molar-refractivity contribution is 0.842. The van der Waals surface area contributed by atoms with Crippen LogP contribution in [0, 0.1) is 6.92 Å². The molecule has 5 aromatic heterocycles. The summed E-state index contributed by atoms with van der Waals surface area (Å²) in [6, 6.07) is 15.0. The van der Waals surface area contributed by atoms with Crippen LogP contribution in [0.4, 0.5) is 0 Å². The maximum atomic E-state index is 4.16. The Kier molecular flexibility index (Phi) is 4.39. The van der Waals surface area contributed by atoms with Crippen molar-refractivity contribution in [1.29, 1.82) is 0 Å². The van der Waals surface area contributed by atoms with Gasteiger partial charge in [0.2, 0.25) is 5.82 Å². The Morgan fingerprint density at radius 3 is 2.66 bits per heavy atom. The van der Waals surface area contributed by atoms with Gasteiger partial charge in [0.25, 0.3) is 0 Å². The zero-order valence-electron chi connectivity index (χ0n) is 17.2. The number of fused-ring (bicyclic) bond motifs is 1. The third-order valence-electron chi connectivity index (χ3n) is 5.53. The molecule has 1 N–H and O–H groups in total. The summed E-state index contributed by atoms with van der Waals surface area (Å²) < 4.78 is 5.55. The van der Waals surface area contributed by atoms with Crippen LogP contribution in [0.3, 0.4) is 0 Å². The Morgan fingerprint density at radius 2 is 1.91 bits per heavy atom. The predicted molar refractivity (Wildman–Crippen MR) is 124 cm³/mol. The van der Waals surface area contributed by atoms with Gasteiger partial charge >= 0.3 is 0 Å². The van der Waals surface area contributed by atoms with E-state index in [9.17, 15) is 0 Å². The van der Waals surface area contributed by atoms with Crippen molar-refractivity contribution in [3.8, 4) is 27.6 Å². The number of tetrazole rings is 1. The summed E-state index contributed by atoms with van der Waals surface area (Å²) in [5.74, 6) is 0.615. The van der Waals surface area contributed by atoms with Gasteiger partial charge in [-0.15, -0.1) is 21.5 Å². The van der Waals surface area contributed by atoms with Crippen LogP contribution in [0.2, 0.25) is 0 Å².